The molecule has 1 fully saturated rings. The molecule has 0 aromatic heterocycles. The summed E-state index contributed by atoms with van der Waals surface area (Å²) < 4.78 is 26.9. The summed E-state index contributed by atoms with van der Waals surface area (Å²) in [6.45, 7) is 5.01. The molecule has 1 aliphatic carbocycles. The number of carbonyl (C=O) groups is 1. The minimum absolute atomic E-state index is 0.0575. The molecule has 1 aromatic rings. The van der Waals surface area contributed by atoms with E-state index in [1.807, 2.05) is 13.8 Å². The first kappa shape index (κ1) is 15.0. The van der Waals surface area contributed by atoms with Crippen LogP contribution < -0.4 is 4.72 Å². The Bertz CT molecular complexity index is 590. The Morgan fingerprint density at radius 2 is 1.95 bits per heavy atom. The second-order valence-electron chi connectivity index (χ2n) is 4.90. The van der Waals surface area contributed by atoms with E-state index in [4.69, 9.17) is 0 Å². The fourth-order valence-electron chi connectivity index (χ4n) is 1.98. The third kappa shape index (κ3) is 3.37. The Hall–Kier alpha value is -1.40. The maximum absolute atomic E-state index is 12.2. The van der Waals surface area contributed by atoms with E-state index in [0.717, 1.165) is 12.8 Å². The van der Waals surface area contributed by atoms with Crippen molar-refractivity contribution in [2.45, 2.75) is 37.6 Å². The van der Waals surface area contributed by atoms with Crippen LogP contribution in [-0.4, -0.2) is 38.4 Å². The van der Waals surface area contributed by atoms with Crippen molar-refractivity contribution < 1.29 is 13.2 Å². The zero-order valence-electron chi connectivity index (χ0n) is 11.8. The first-order valence-corrected chi connectivity index (χ1v) is 8.38. The molecule has 0 heterocycles. The average Bonchev–Trinajstić information content (AvgIpc) is 3.23. The van der Waals surface area contributed by atoms with Gasteiger partial charge in [-0.3, -0.25) is 4.79 Å². The van der Waals surface area contributed by atoms with Gasteiger partial charge in [-0.15, -0.1) is 0 Å². The number of amides is 1. The van der Waals surface area contributed by atoms with Crippen molar-refractivity contribution in [2.75, 3.05) is 13.1 Å². The second-order valence-corrected chi connectivity index (χ2v) is 6.61. The molecule has 5 nitrogen and oxygen atoms in total. The van der Waals surface area contributed by atoms with Crippen LogP contribution in [-0.2, 0) is 10.0 Å². The molecular weight excluding hydrogens is 276 g/mol. The molecule has 0 unspecified atom stereocenters. The van der Waals surface area contributed by atoms with E-state index in [0.29, 0.717) is 18.7 Å². The third-order valence-electron chi connectivity index (χ3n) is 3.34. The van der Waals surface area contributed by atoms with Crippen LogP contribution in [0.15, 0.2) is 29.2 Å². The van der Waals surface area contributed by atoms with E-state index >= 15 is 0 Å². The highest BCUT2D eigenvalue weighted by molar-refractivity contribution is 7.89. The molecule has 0 radical (unpaired) electrons. The Labute approximate surface area is 120 Å². The van der Waals surface area contributed by atoms with Gasteiger partial charge in [0.15, 0.2) is 0 Å². The van der Waals surface area contributed by atoms with E-state index in [-0.39, 0.29) is 16.8 Å². The summed E-state index contributed by atoms with van der Waals surface area (Å²) in [5, 5.41) is 0. The lowest BCUT2D eigenvalue weighted by atomic mass is 10.2. The predicted molar refractivity (Wildman–Crippen MR) is 77.0 cm³/mol. The van der Waals surface area contributed by atoms with Crippen LogP contribution in [0.4, 0.5) is 0 Å². The molecule has 2 rings (SSSR count). The fraction of sp³-hybridized carbons (Fsp3) is 0.500. The number of hydrogen-bond acceptors (Lipinski definition) is 3. The van der Waals surface area contributed by atoms with E-state index in [1.165, 1.54) is 12.1 Å². The zero-order chi connectivity index (χ0) is 14.8. The minimum Gasteiger partial charge on any atom is -0.339 e. The predicted octanol–water partition coefficient (Wildman–Crippen LogP) is 1.61. The quantitative estimate of drug-likeness (QED) is 0.867. The number of sulfonamides is 1. The van der Waals surface area contributed by atoms with Crippen LogP contribution in [0.5, 0.6) is 0 Å². The molecule has 110 valence electrons. The standard InChI is InChI=1S/C14H20N2O3S/c1-3-16(4-2)14(17)11-6-5-7-13(10-11)20(18,19)15-12-8-9-12/h5-7,10,12,15H,3-4,8-9H2,1-2H3. The monoisotopic (exact) mass is 296 g/mol. The van der Waals surface area contributed by atoms with E-state index < -0.39 is 10.0 Å². The molecule has 0 bridgehead atoms. The maximum atomic E-state index is 12.2. The van der Waals surface area contributed by atoms with Gasteiger partial charge in [-0.1, -0.05) is 6.07 Å². The summed E-state index contributed by atoms with van der Waals surface area (Å²) >= 11 is 0. The third-order valence-corrected chi connectivity index (χ3v) is 4.86. The Kier molecular flexibility index (Phi) is 4.45. The summed E-state index contributed by atoms with van der Waals surface area (Å²) in [5.41, 5.74) is 0.410. The molecule has 0 saturated heterocycles. The summed E-state index contributed by atoms with van der Waals surface area (Å²) in [6, 6.07) is 6.28. The largest absolute Gasteiger partial charge is 0.339 e. The number of rotatable bonds is 6. The van der Waals surface area contributed by atoms with Crippen molar-refractivity contribution in [2.24, 2.45) is 0 Å². The lowest BCUT2D eigenvalue weighted by Crippen LogP contribution is -2.31. The van der Waals surface area contributed by atoms with E-state index in [2.05, 4.69) is 4.72 Å². The fourth-order valence-corrected chi connectivity index (χ4v) is 3.33. The minimum atomic E-state index is -3.51. The topological polar surface area (TPSA) is 66.5 Å². The smallest absolute Gasteiger partial charge is 0.253 e. The first-order chi connectivity index (χ1) is 9.47. The maximum Gasteiger partial charge on any atom is 0.253 e. The van der Waals surface area contributed by atoms with Crippen LogP contribution in [0.2, 0.25) is 0 Å². The molecule has 1 saturated carbocycles. The molecular formula is C14H20N2O3S. The van der Waals surface area contributed by atoms with Gasteiger partial charge in [0.1, 0.15) is 0 Å². The number of carbonyl (C=O) groups excluding carboxylic acids is 1. The number of hydrogen-bond donors (Lipinski definition) is 1. The molecule has 1 amide bonds. The van der Waals surface area contributed by atoms with Gasteiger partial charge < -0.3 is 4.90 Å². The SMILES string of the molecule is CCN(CC)C(=O)c1cccc(S(=O)(=O)NC2CC2)c1. The highest BCUT2D eigenvalue weighted by atomic mass is 32.2. The number of benzene rings is 1. The molecule has 1 aliphatic rings. The molecule has 0 atom stereocenters. The van der Waals surface area contributed by atoms with Gasteiger partial charge in [0.05, 0.1) is 4.90 Å². The van der Waals surface area contributed by atoms with Crippen molar-refractivity contribution in [1.29, 1.82) is 0 Å². The van der Waals surface area contributed by atoms with Gasteiger partial charge in [0.25, 0.3) is 5.91 Å². The first-order valence-electron chi connectivity index (χ1n) is 6.89. The molecule has 0 aliphatic heterocycles. The van der Waals surface area contributed by atoms with Crippen LogP contribution in [0.1, 0.15) is 37.0 Å². The summed E-state index contributed by atoms with van der Waals surface area (Å²) in [6.07, 6.45) is 1.77. The highest BCUT2D eigenvalue weighted by Gasteiger charge is 2.28. The van der Waals surface area contributed by atoms with Gasteiger partial charge in [-0.2, -0.15) is 0 Å². The molecule has 20 heavy (non-hydrogen) atoms. The normalized spacial score (nSPS) is 15.1. The van der Waals surface area contributed by atoms with Gasteiger partial charge >= 0.3 is 0 Å². The molecule has 1 aromatic carbocycles. The number of nitrogens with zero attached hydrogens (tertiary/aromatic N) is 1. The van der Waals surface area contributed by atoms with Crippen molar-refractivity contribution in [3.63, 3.8) is 0 Å². The Morgan fingerprint density at radius 1 is 1.30 bits per heavy atom. The van der Waals surface area contributed by atoms with Gasteiger partial charge in [-0.25, -0.2) is 13.1 Å². The molecule has 6 heteroatoms. The lowest BCUT2D eigenvalue weighted by Gasteiger charge is -2.18. The number of nitrogens with one attached hydrogen (secondary N) is 1. The summed E-state index contributed by atoms with van der Waals surface area (Å²) in [5.74, 6) is -0.140. The molecule has 1 N–H and O–H groups in total. The summed E-state index contributed by atoms with van der Waals surface area (Å²) in [7, 11) is -3.51. The van der Waals surface area contributed by atoms with Gasteiger partial charge in [0, 0.05) is 24.7 Å². The van der Waals surface area contributed by atoms with Crippen molar-refractivity contribution in [1.82, 2.24) is 9.62 Å². The van der Waals surface area contributed by atoms with Crippen LogP contribution in [0.25, 0.3) is 0 Å². The van der Waals surface area contributed by atoms with E-state index in [9.17, 15) is 13.2 Å². The van der Waals surface area contributed by atoms with Crippen LogP contribution in [0.3, 0.4) is 0 Å². The zero-order valence-corrected chi connectivity index (χ0v) is 12.6. The highest BCUT2D eigenvalue weighted by Crippen LogP contribution is 2.22. The summed E-state index contributed by atoms with van der Waals surface area (Å²) in [4.78, 5) is 14.1. The average molecular weight is 296 g/mol. The van der Waals surface area contributed by atoms with E-state index in [1.54, 1.807) is 17.0 Å². The van der Waals surface area contributed by atoms with Gasteiger partial charge in [0.2, 0.25) is 10.0 Å². The van der Waals surface area contributed by atoms with Crippen LogP contribution in [0, 0.1) is 0 Å². The van der Waals surface area contributed by atoms with Crippen molar-refractivity contribution in [3.8, 4) is 0 Å². The molecule has 0 spiro atoms. The lowest BCUT2D eigenvalue weighted by molar-refractivity contribution is 0.0772. The van der Waals surface area contributed by atoms with Crippen molar-refractivity contribution >= 4 is 15.9 Å². The Balaban J connectivity index is 2.25. The van der Waals surface area contributed by atoms with Crippen molar-refractivity contribution in [3.05, 3.63) is 29.8 Å². The Morgan fingerprint density at radius 3 is 2.50 bits per heavy atom. The van der Waals surface area contributed by atoms with Gasteiger partial charge in [-0.05, 0) is 44.9 Å². The second kappa shape index (κ2) is 5.93. The van der Waals surface area contributed by atoms with Crippen LogP contribution >= 0.6 is 0 Å².